The van der Waals surface area contributed by atoms with E-state index in [0.717, 1.165) is 16.3 Å². The van der Waals surface area contributed by atoms with Gasteiger partial charge in [0.05, 0.1) is 4.78 Å². The van der Waals surface area contributed by atoms with E-state index >= 15 is 0 Å². The van der Waals surface area contributed by atoms with Crippen molar-refractivity contribution < 1.29 is 9.31 Å². The van der Waals surface area contributed by atoms with Gasteiger partial charge in [0.2, 0.25) is 0 Å². The summed E-state index contributed by atoms with van der Waals surface area (Å²) in [5.41, 5.74) is 10.8. The molecule has 1 aliphatic heterocycles. The van der Waals surface area contributed by atoms with Gasteiger partial charge in [-0.3, -0.25) is 0 Å². The third-order valence-electron chi connectivity index (χ3n) is 6.53. The van der Waals surface area contributed by atoms with E-state index in [1.54, 1.807) is 11.3 Å². The summed E-state index contributed by atoms with van der Waals surface area (Å²) in [4.78, 5) is 0. The molecule has 0 aliphatic carbocycles. The smallest absolute Gasteiger partial charge is 0.519 e. The van der Waals surface area contributed by atoms with Crippen LogP contribution in [0.4, 0.5) is 0 Å². The minimum absolute atomic E-state index is 0.175. The second-order valence-electron chi connectivity index (χ2n) is 9.31. The summed E-state index contributed by atoms with van der Waals surface area (Å²) in [6.45, 7) is 13.5. The lowest BCUT2D eigenvalue weighted by Crippen LogP contribution is -2.55. The second-order valence-corrected chi connectivity index (χ2v) is 10.5. The zero-order chi connectivity index (χ0) is 23.3. The van der Waals surface area contributed by atoms with Crippen LogP contribution in [0.1, 0.15) is 33.4 Å². The zero-order valence-corrected chi connectivity index (χ0v) is 21.0. The van der Waals surface area contributed by atoms with Crippen LogP contribution in [-0.2, 0) is 0 Å². The maximum atomic E-state index is 6.11. The van der Waals surface area contributed by atoms with Crippen LogP contribution >= 0.6 is 11.3 Å². The lowest BCUT2D eigenvalue weighted by Gasteiger charge is -2.23. The molecule has 0 saturated heterocycles. The van der Waals surface area contributed by atoms with Gasteiger partial charge in [0.15, 0.2) is 0 Å². The lowest BCUT2D eigenvalue weighted by atomic mass is 9.37. The molecule has 5 rings (SSSR count). The number of hydrogen-bond acceptors (Lipinski definition) is 3. The minimum Gasteiger partial charge on any atom is -0.519 e. The Kier molecular flexibility index (Phi) is 5.62. The first-order valence-corrected chi connectivity index (χ1v) is 12.3. The third-order valence-corrected chi connectivity index (χ3v) is 7.71. The number of thiophene rings is 1. The van der Waals surface area contributed by atoms with Crippen LogP contribution in [0.5, 0.6) is 11.5 Å². The number of aryl methyl sites for hydroxylation is 6. The predicted molar refractivity (Wildman–Crippen MR) is 143 cm³/mol. The molecule has 3 aromatic carbocycles. The van der Waals surface area contributed by atoms with Crippen LogP contribution in [0.3, 0.4) is 0 Å². The molecule has 5 heteroatoms. The third kappa shape index (κ3) is 4.00. The molecular weight excluding hydrogens is 422 g/mol. The molecule has 1 aliphatic rings. The second kappa shape index (κ2) is 8.46. The van der Waals surface area contributed by atoms with Crippen molar-refractivity contribution in [2.24, 2.45) is 0 Å². The van der Waals surface area contributed by atoms with Gasteiger partial charge in [-0.05, 0) is 64.5 Å². The molecule has 0 atom stereocenters. The molecule has 0 spiro atoms. The molecule has 164 valence electrons. The molecule has 0 N–H and O–H groups in total. The SMILES string of the molecule is Cc1cc(C)c(B(c2ccc(B3Oc4ccccc4O3)s2)c2c(C)cc(C)cc2C)c(C)c1. The summed E-state index contributed by atoms with van der Waals surface area (Å²) in [6.07, 6.45) is 0. The van der Waals surface area contributed by atoms with Gasteiger partial charge >= 0.3 is 7.12 Å². The quantitative estimate of drug-likeness (QED) is 0.433. The maximum absolute atomic E-state index is 6.11. The van der Waals surface area contributed by atoms with Crippen molar-refractivity contribution in [1.29, 1.82) is 0 Å². The predicted octanol–water partition coefficient (Wildman–Crippen LogP) is 4.28. The van der Waals surface area contributed by atoms with Crippen LogP contribution < -0.4 is 29.8 Å². The molecule has 0 bridgehead atoms. The first-order chi connectivity index (χ1) is 15.8. The van der Waals surface area contributed by atoms with Gasteiger partial charge in [0.1, 0.15) is 11.5 Å². The highest BCUT2D eigenvalue weighted by molar-refractivity contribution is 7.33. The summed E-state index contributed by atoms with van der Waals surface area (Å²) in [7, 11) is -0.387. The highest BCUT2D eigenvalue weighted by atomic mass is 32.1. The van der Waals surface area contributed by atoms with Crippen molar-refractivity contribution in [2.75, 3.05) is 0 Å². The largest absolute Gasteiger partial charge is 0.643 e. The van der Waals surface area contributed by atoms with E-state index in [9.17, 15) is 0 Å². The van der Waals surface area contributed by atoms with E-state index in [1.807, 2.05) is 24.3 Å². The van der Waals surface area contributed by atoms with Crippen molar-refractivity contribution in [1.82, 2.24) is 0 Å². The Hall–Kier alpha value is -2.91. The number of fused-ring (bicyclic) bond motifs is 1. The molecule has 1 aromatic heterocycles. The zero-order valence-electron chi connectivity index (χ0n) is 20.2. The van der Waals surface area contributed by atoms with Crippen molar-refractivity contribution >= 4 is 45.6 Å². The molecule has 4 aromatic rings. The molecule has 33 heavy (non-hydrogen) atoms. The van der Waals surface area contributed by atoms with Gasteiger partial charge in [-0.15, -0.1) is 0 Å². The molecule has 0 fully saturated rings. The van der Waals surface area contributed by atoms with Crippen molar-refractivity contribution in [2.45, 2.75) is 41.5 Å². The van der Waals surface area contributed by atoms with Gasteiger partial charge in [-0.2, -0.15) is 11.3 Å². The van der Waals surface area contributed by atoms with Crippen LogP contribution in [0.2, 0.25) is 0 Å². The lowest BCUT2D eigenvalue weighted by molar-refractivity contribution is 0.520. The molecule has 0 radical (unpaired) electrons. The average Bonchev–Trinajstić information content (AvgIpc) is 3.38. The summed E-state index contributed by atoms with van der Waals surface area (Å²) in [6, 6.07) is 21.5. The van der Waals surface area contributed by atoms with E-state index in [-0.39, 0.29) is 13.8 Å². The van der Waals surface area contributed by atoms with Crippen molar-refractivity contribution in [3.63, 3.8) is 0 Å². The maximum Gasteiger partial charge on any atom is 0.643 e. The van der Waals surface area contributed by atoms with Gasteiger partial charge in [-0.1, -0.05) is 86.8 Å². The van der Waals surface area contributed by atoms with Gasteiger partial charge < -0.3 is 9.31 Å². The van der Waals surface area contributed by atoms with Gasteiger partial charge in [0, 0.05) is 0 Å². The standard InChI is InChI=1S/C28H28B2O2S/c1-17-13-19(3)27(20(4)14-17)29(28-21(5)15-18(2)16-22(28)6)25-11-12-26(33-25)30-31-23-9-7-8-10-24(23)32-30/h7-16H,1-6H3. The Balaban J connectivity index is 1.63. The number of hydrogen-bond donors (Lipinski definition) is 0. The van der Waals surface area contributed by atoms with E-state index in [2.05, 4.69) is 77.9 Å². The van der Waals surface area contributed by atoms with E-state index in [4.69, 9.17) is 9.31 Å². The topological polar surface area (TPSA) is 18.5 Å². The minimum atomic E-state index is -0.387. The fraction of sp³-hybridized carbons (Fsp3) is 0.214. The van der Waals surface area contributed by atoms with E-state index in [1.165, 1.54) is 49.1 Å². The van der Waals surface area contributed by atoms with Crippen LogP contribution in [0.15, 0.2) is 60.7 Å². The van der Waals surface area contributed by atoms with E-state index < -0.39 is 0 Å². The summed E-state index contributed by atoms with van der Waals surface area (Å²) in [5, 5.41) is 0. The molecule has 0 saturated carbocycles. The highest BCUT2D eigenvalue weighted by Gasteiger charge is 2.37. The van der Waals surface area contributed by atoms with Crippen LogP contribution in [0, 0.1) is 41.5 Å². The Morgan fingerprint density at radius 1 is 0.636 bits per heavy atom. The van der Waals surface area contributed by atoms with Gasteiger partial charge in [0.25, 0.3) is 6.71 Å². The summed E-state index contributed by atoms with van der Waals surface area (Å²) in [5.74, 6) is 1.62. The fourth-order valence-corrected chi connectivity index (χ4v) is 6.48. The first kappa shape index (κ1) is 21.9. The Bertz CT molecular complexity index is 1230. The summed E-state index contributed by atoms with van der Waals surface area (Å²) >= 11 is 1.79. The summed E-state index contributed by atoms with van der Waals surface area (Å²) < 4.78 is 14.6. The van der Waals surface area contributed by atoms with Gasteiger partial charge in [-0.25, -0.2) is 0 Å². The number of benzene rings is 3. The molecule has 0 amide bonds. The Morgan fingerprint density at radius 2 is 1.09 bits per heavy atom. The highest BCUT2D eigenvalue weighted by Crippen LogP contribution is 2.32. The van der Waals surface area contributed by atoms with Crippen LogP contribution in [0.25, 0.3) is 0 Å². The molecule has 0 unspecified atom stereocenters. The number of rotatable bonds is 4. The van der Waals surface area contributed by atoms with Crippen molar-refractivity contribution in [3.8, 4) is 11.5 Å². The number of para-hydroxylation sites is 2. The van der Waals surface area contributed by atoms with Crippen LogP contribution in [-0.4, -0.2) is 13.8 Å². The first-order valence-electron chi connectivity index (χ1n) is 11.5. The fourth-order valence-electron chi connectivity index (χ4n) is 5.39. The monoisotopic (exact) mass is 450 g/mol. The molecule has 2 nitrogen and oxygen atoms in total. The normalized spacial score (nSPS) is 12.4. The van der Waals surface area contributed by atoms with E-state index in [0.29, 0.717) is 0 Å². The molecule has 2 heterocycles. The molecular formula is C28H28B2O2S. The average molecular weight is 450 g/mol. The van der Waals surface area contributed by atoms with Crippen molar-refractivity contribution in [3.05, 3.63) is 94.0 Å². The Labute approximate surface area is 201 Å². The Morgan fingerprint density at radius 3 is 1.55 bits per heavy atom.